The number of carboxylic acid groups (broad SMARTS) is 1. The lowest BCUT2D eigenvalue weighted by molar-refractivity contribution is -0.112. The van der Waals surface area contributed by atoms with Crippen LogP contribution >= 0.6 is 11.6 Å². The number of carbonyl (C=O) groups is 2. The molecule has 0 saturated heterocycles. The topological polar surface area (TPSA) is 109 Å². The van der Waals surface area contributed by atoms with E-state index in [2.05, 4.69) is 5.32 Å². The first-order valence-electron chi connectivity index (χ1n) is 9.72. The zero-order chi connectivity index (χ0) is 23.8. The summed E-state index contributed by atoms with van der Waals surface area (Å²) in [6, 6.07) is 19.9. The monoisotopic (exact) mass is 462 g/mol. The normalized spacial score (nSPS) is 10.8. The number of ether oxygens (including phenoxy) is 2. The van der Waals surface area contributed by atoms with E-state index in [0.717, 1.165) is 5.56 Å². The Kier molecular flexibility index (Phi) is 7.68. The van der Waals surface area contributed by atoms with Crippen molar-refractivity contribution in [3.05, 3.63) is 94.0 Å². The van der Waals surface area contributed by atoms with Crippen molar-refractivity contribution in [3.63, 3.8) is 0 Å². The van der Waals surface area contributed by atoms with Gasteiger partial charge in [-0.1, -0.05) is 41.9 Å². The Balaban J connectivity index is 1.77. The van der Waals surface area contributed by atoms with Gasteiger partial charge in [-0.3, -0.25) is 4.79 Å². The first-order valence-corrected chi connectivity index (χ1v) is 10.1. The SMILES string of the molecule is COc1cc(C=C(C#N)C(=O)Nc2cccc(C(=O)O)c2)ccc1OCc1ccccc1Cl. The van der Waals surface area contributed by atoms with Crippen LogP contribution in [0.3, 0.4) is 0 Å². The number of benzene rings is 3. The maximum absolute atomic E-state index is 12.5. The van der Waals surface area contributed by atoms with Gasteiger partial charge in [0.2, 0.25) is 0 Å². The van der Waals surface area contributed by atoms with E-state index in [1.54, 1.807) is 24.3 Å². The van der Waals surface area contributed by atoms with Crippen LogP contribution in [-0.4, -0.2) is 24.1 Å². The number of hydrogen-bond donors (Lipinski definition) is 2. The van der Waals surface area contributed by atoms with Crippen molar-refractivity contribution in [1.29, 1.82) is 5.26 Å². The Bertz CT molecular complexity index is 1260. The molecular formula is C25H19ClN2O5. The third-order valence-electron chi connectivity index (χ3n) is 4.57. The van der Waals surface area contributed by atoms with E-state index < -0.39 is 11.9 Å². The van der Waals surface area contributed by atoms with Crippen LogP contribution in [0.1, 0.15) is 21.5 Å². The van der Waals surface area contributed by atoms with Gasteiger partial charge in [0.15, 0.2) is 11.5 Å². The predicted molar refractivity (Wildman–Crippen MR) is 124 cm³/mol. The molecule has 7 nitrogen and oxygen atoms in total. The highest BCUT2D eigenvalue weighted by Gasteiger charge is 2.13. The zero-order valence-corrected chi connectivity index (χ0v) is 18.3. The number of aromatic carboxylic acids is 1. The number of nitrogens with zero attached hydrogens (tertiary/aromatic N) is 1. The number of carboxylic acids is 1. The van der Waals surface area contributed by atoms with E-state index in [-0.39, 0.29) is 23.4 Å². The van der Waals surface area contributed by atoms with Gasteiger partial charge in [-0.25, -0.2) is 4.79 Å². The number of methoxy groups -OCH3 is 1. The maximum Gasteiger partial charge on any atom is 0.335 e. The highest BCUT2D eigenvalue weighted by Crippen LogP contribution is 2.30. The number of rotatable bonds is 8. The zero-order valence-electron chi connectivity index (χ0n) is 17.5. The molecule has 0 bridgehead atoms. The molecule has 33 heavy (non-hydrogen) atoms. The summed E-state index contributed by atoms with van der Waals surface area (Å²) in [5.74, 6) is -0.894. The van der Waals surface area contributed by atoms with Crippen molar-refractivity contribution in [1.82, 2.24) is 0 Å². The molecule has 166 valence electrons. The number of nitriles is 1. The molecule has 0 aliphatic heterocycles. The van der Waals surface area contributed by atoms with Crippen LogP contribution in [0.2, 0.25) is 5.02 Å². The molecule has 2 N–H and O–H groups in total. The Hall–Kier alpha value is -4.28. The van der Waals surface area contributed by atoms with Crippen LogP contribution in [0.15, 0.2) is 72.3 Å². The molecule has 0 aliphatic carbocycles. The summed E-state index contributed by atoms with van der Waals surface area (Å²) in [6.07, 6.45) is 1.40. The van der Waals surface area contributed by atoms with Crippen molar-refractivity contribution in [2.75, 3.05) is 12.4 Å². The van der Waals surface area contributed by atoms with Gasteiger partial charge >= 0.3 is 5.97 Å². The molecule has 0 atom stereocenters. The van der Waals surface area contributed by atoms with Gasteiger partial charge in [0.05, 0.1) is 12.7 Å². The maximum atomic E-state index is 12.5. The van der Waals surface area contributed by atoms with Crippen molar-refractivity contribution in [2.24, 2.45) is 0 Å². The first-order chi connectivity index (χ1) is 15.9. The number of anilines is 1. The van der Waals surface area contributed by atoms with Crippen LogP contribution in [0.5, 0.6) is 11.5 Å². The van der Waals surface area contributed by atoms with Gasteiger partial charge in [-0.2, -0.15) is 5.26 Å². The highest BCUT2D eigenvalue weighted by molar-refractivity contribution is 6.31. The third-order valence-corrected chi connectivity index (χ3v) is 4.94. The van der Waals surface area contributed by atoms with Crippen LogP contribution in [-0.2, 0) is 11.4 Å². The second kappa shape index (κ2) is 10.8. The molecule has 0 unspecified atom stereocenters. The Morgan fingerprint density at radius 2 is 1.88 bits per heavy atom. The quantitative estimate of drug-likeness (QED) is 0.353. The fourth-order valence-electron chi connectivity index (χ4n) is 2.91. The van der Waals surface area contributed by atoms with Crippen LogP contribution in [0.25, 0.3) is 6.08 Å². The minimum atomic E-state index is -1.12. The lowest BCUT2D eigenvalue weighted by Crippen LogP contribution is -2.14. The summed E-state index contributed by atoms with van der Waals surface area (Å²) < 4.78 is 11.2. The van der Waals surface area contributed by atoms with E-state index in [9.17, 15) is 14.9 Å². The minimum Gasteiger partial charge on any atom is -0.493 e. The molecular weight excluding hydrogens is 444 g/mol. The Labute approximate surface area is 195 Å². The van der Waals surface area contributed by atoms with Crippen molar-refractivity contribution < 1.29 is 24.2 Å². The molecule has 3 rings (SSSR count). The minimum absolute atomic E-state index is 0.0207. The Morgan fingerprint density at radius 1 is 1.09 bits per heavy atom. The molecule has 0 radical (unpaired) electrons. The number of halogens is 1. The standard InChI is InChI=1S/C25H19ClN2O5/c1-32-23-12-16(9-10-22(23)33-15-18-5-2-3-8-21(18)26)11-19(14-27)24(29)28-20-7-4-6-17(13-20)25(30)31/h2-13H,15H2,1H3,(H,28,29)(H,30,31). The summed E-state index contributed by atoms with van der Waals surface area (Å²) in [4.78, 5) is 23.6. The van der Waals surface area contributed by atoms with Crippen molar-refractivity contribution >= 4 is 35.2 Å². The largest absolute Gasteiger partial charge is 0.493 e. The second-order valence-electron chi connectivity index (χ2n) is 6.80. The fourth-order valence-corrected chi connectivity index (χ4v) is 3.10. The molecule has 0 aromatic heterocycles. The van der Waals surface area contributed by atoms with Gasteiger partial charge in [-0.05, 0) is 48.0 Å². The van der Waals surface area contributed by atoms with Gasteiger partial charge in [0, 0.05) is 16.3 Å². The van der Waals surface area contributed by atoms with E-state index in [0.29, 0.717) is 22.1 Å². The average Bonchev–Trinajstić information content (AvgIpc) is 2.82. The molecule has 0 fully saturated rings. The van der Waals surface area contributed by atoms with Gasteiger partial charge in [-0.15, -0.1) is 0 Å². The number of nitrogens with one attached hydrogen (secondary N) is 1. The highest BCUT2D eigenvalue weighted by atomic mass is 35.5. The third kappa shape index (κ3) is 6.12. The molecule has 0 spiro atoms. The first kappa shape index (κ1) is 23.4. The van der Waals surface area contributed by atoms with E-state index in [1.807, 2.05) is 24.3 Å². The molecule has 3 aromatic rings. The van der Waals surface area contributed by atoms with Gasteiger partial charge < -0.3 is 19.9 Å². The van der Waals surface area contributed by atoms with Gasteiger partial charge in [0.25, 0.3) is 5.91 Å². The number of amides is 1. The summed E-state index contributed by atoms with van der Waals surface area (Å²) in [5, 5.41) is 21.7. The van der Waals surface area contributed by atoms with E-state index >= 15 is 0 Å². The summed E-state index contributed by atoms with van der Waals surface area (Å²) >= 11 is 6.16. The smallest absolute Gasteiger partial charge is 0.335 e. The molecule has 3 aromatic carbocycles. The lowest BCUT2D eigenvalue weighted by atomic mass is 10.1. The number of carbonyl (C=O) groups excluding carboxylic acids is 1. The fraction of sp³-hybridized carbons (Fsp3) is 0.0800. The summed E-state index contributed by atoms with van der Waals surface area (Å²) in [5.41, 5.74) is 1.49. The molecule has 1 amide bonds. The predicted octanol–water partition coefficient (Wildman–Crippen LogP) is 5.17. The van der Waals surface area contributed by atoms with Gasteiger partial charge in [0.1, 0.15) is 18.2 Å². The summed E-state index contributed by atoms with van der Waals surface area (Å²) in [6.45, 7) is 0.243. The van der Waals surface area contributed by atoms with Crippen LogP contribution < -0.4 is 14.8 Å². The van der Waals surface area contributed by atoms with Crippen molar-refractivity contribution in [2.45, 2.75) is 6.61 Å². The molecule has 0 aliphatic rings. The molecule has 8 heteroatoms. The number of hydrogen-bond acceptors (Lipinski definition) is 5. The van der Waals surface area contributed by atoms with Crippen LogP contribution in [0, 0.1) is 11.3 Å². The summed E-state index contributed by atoms with van der Waals surface area (Å²) in [7, 11) is 1.48. The molecule has 0 saturated carbocycles. The van der Waals surface area contributed by atoms with E-state index in [1.165, 1.54) is 37.5 Å². The second-order valence-corrected chi connectivity index (χ2v) is 7.21. The van der Waals surface area contributed by atoms with Crippen molar-refractivity contribution in [3.8, 4) is 17.6 Å². The molecule has 0 heterocycles. The Morgan fingerprint density at radius 3 is 2.58 bits per heavy atom. The average molecular weight is 463 g/mol. The van der Waals surface area contributed by atoms with E-state index in [4.69, 9.17) is 26.2 Å². The van der Waals surface area contributed by atoms with Crippen LogP contribution in [0.4, 0.5) is 5.69 Å². The lowest BCUT2D eigenvalue weighted by Gasteiger charge is -2.12.